The molecule has 3 nitrogen and oxygen atoms in total. The molecule has 0 atom stereocenters. The third-order valence-electron chi connectivity index (χ3n) is 2.18. The van der Waals surface area contributed by atoms with Crippen LogP contribution in [0.3, 0.4) is 0 Å². The minimum atomic E-state index is -2.62. The maximum atomic E-state index is 12.8. The Morgan fingerprint density at radius 2 is 2.25 bits per heavy atom. The largest absolute Gasteiger partial charge is 0.481 e. The summed E-state index contributed by atoms with van der Waals surface area (Å²) in [5, 5.41) is 8.81. The fourth-order valence-corrected chi connectivity index (χ4v) is 2.09. The molecule has 0 fully saturated rings. The van der Waals surface area contributed by atoms with Gasteiger partial charge in [-0.2, -0.15) is 0 Å². The van der Waals surface area contributed by atoms with E-state index in [1.807, 2.05) is 0 Å². The fraction of sp³-hybridized carbons (Fsp3) is 0.400. The molecule has 0 aromatic carbocycles. The number of halogens is 3. The van der Waals surface area contributed by atoms with E-state index in [0.29, 0.717) is 5.56 Å². The molecule has 0 unspecified atom stereocenters. The summed E-state index contributed by atoms with van der Waals surface area (Å²) in [7, 11) is 0. The lowest BCUT2D eigenvalue weighted by molar-refractivity contribution is -0.136. The molecule has 6 heteroatoms. The van der Waals surface area contributed by atoms with Crippen molar-refractivity contribution >= 4 is 21.9 Å². The highest BCUT2D eigenvalue weighted by Gasteiger charge is 2.20. The van der Waals surface area contributed by atoms with E-state index < -0.39 is 12.4 Å². The van der Waals surface area contributed by atoms with Gasteiger partial charge in [-0.3, -0.25) is 9.78 Å². The number of aliphatic carboxylic acids is 1. The molecule has 16 heavy (non-hydrogen) atoms. The lowest BCUT2D eigenvalue weighted by Crippen LogP contribution is -2.09. The SMILES string of the molecule is Cc1cnc(CC(=O)O)c(CBr)c1C(F)F. The van der Waals surface area contributed by atoms with Crippen molar-refractivity contribution in [3.8, 4) is 0 Å². The minimum absolute atomic E-state index is 0.122. The monoisotopic (exact) mass is 293 g/mol. The van der Waals surface area contributed by atoms with E-state index in [1.54, 1.807) is 0 Å². The van der Waals surface area contributed by atoms with Crippen molar-refractivity contribution in [2.45, 2.75) is 25.1 Å². The molecule has 0 aliphatic rings. The molecule has 1 rings (SSSR count). The van der Waals surface area contributed by atoms with Gasteiger partial charge in [0.1, 0.15) is 0 Å². The maximum Gasteiger partial charge on any atom is 0.309 e. The van der Waals surface area contributed by atoms with Gasteiger partial charge < -0.3 is 5.11 Å². The molecular weight excluding hydrogens is 284 g/mol. The van der Waals surface area contributed by atoms with E-state index in [4.69, 9.17) is 5.11 Å². The molecule has 1 aromatic rings. The Morgan fingerprint density at radius 3 is 2.69 bits per heavy atom. The Hall–Kier alpha value is -1.04. The number of carboxylic acids is 1. The van der Waals surface area contributed by atoms with Crippen LogP contribution in [-0.4, -0.2) is 16.1 Å². The normalized spacial score (nSPS) is 10.8. The summed E-state index contributed by atoms with van der Waals surface area (Å²) in [4.78, 5) is 14.4. The standard InChI is InChI=1S/C10H10BrF2NO2/c1-5-4-14-7(2-8(15)16)6(3-11)9(5)10(12)13/h4,10H,2-3H2,1H3,(H,15,16). The molecule has 88 valence electrons. The number of hydrogen-bond donors (Lipinski definition) is 1. The van der Waals surface area contributed by atoms with Gasteiger partial charge in [-0.05, 0) is 18.1 Å². The summed E-state index contributed by atoms with van der Waals surface area (Å²) in [5.74, 6) is -1.08. The predicted octanol–water partition coefficient (Wildman–Crippen LogP) is 2.85. The first-order chi connectivity index (χ1) is 7.47. The molecule has 0 radical (unpaired) electrons. The number of nitrogens with zero attached hydrogens (tertiary/aromatic N) is 1. The number of pyridine rings is 1. The van der Waals surface area contributed by atoms with Crippen molar-refractivity contribution < 1.29 is 18.7 Å². The summed E-state index contributed by atoms with van der Waals surface area (Å²) < 4.78 is 25.6. The van der Waals surface area contributed by atoms with Gasteiger partial charge >= 0.3 is 5.97 Å². The zero-order valence-corrected chi connectivity index (χ0v) is 10.1. The van der Waals surface area contributed by atoms with Gasteiger partial charge in [-0.15, -0.1) is 0 Å². The van der Waals surface area contributed by atoms with Gasteiger partial charge in [0.2, 0.25) is 0 Å². The van der Waals surface area contributed by atoms with Crippen LogP contribution in [0.5, 0.6) is 0 Å². The van der Waals surface area contributed by atoms with Crippen molar-refractivity contribution in [1.29, 1.82) is 0 Å². The Kier molecular flexibility index (Phi) is 4.35. The predicted molar refractivity (Wildman–Crippen MR) is 57.9 cm³/mol. The van der Waals surface area contributed by atoms with Crippen LogP contribution in [0.4, 0.5) is 8.78 Å². The molecule has 1 aromatic heterocycles. The molecule has 1 N–H and O–H groups in total. The smallest absolute Gasteiger partial charge is 0.309 e. The van der Waals surface area contributed by atoms with Crippen LogP contribution in [0.2, 0.25) is 0 Å². The van der Waals surface area contributed by atoms with Crippen LogP contribution < -0.4 is 0 Å². The van der Waals surface area contributed by atoms with E-state index in [0.717, 1.165) is 0 Å². The Balaban J connectivity index is 3.30. The first-order valence-corrected chi connectivity index (χ1v) is 5.62. The number of rotatable bonds is 4. The highest BCUT2D eigenvalue weighted by molar-refractivity contribution is 9.08. The summed E-state index contributed by atoms with van der Waals surface area (Å²) in [6, 6.07) is 0. The van der Waals surface area contributed by atoms with Crippen molar-refractivity contribution in [2.75, 3.05) is 0 Å². The molecule has 0 amide bonds. The van der Waals surface area contributed by atoms with Crippen LogP contribution in [0.25, 0.3) is 0 Å². The Bertz CT molecular complexity index is 410. The number of aryl methyl sites for hydroxylation is 1. The molecule has 0 bridgehead atoms. The first-order valence-electron chi connectivity index (χ1n) is 4.50. The topological polar surface area (TPSA) is 50.2 Å². The Labute approximate surface area is 99.6 Å². The van der Waals surface area contributed by atoms with Crippen molar-refractivity contribution in [3.63, 3.8) is 0 Å². The zero-order chi connectivity index (χ0) is 12.3. The second kappa shape index (κ2) is 5.34. The molecule has 0 saturated carbocycles. The quantitative estimate of drug-likeness (QED) is 0.869. The van der Waals surface area contributed by atoms with Gasteiger partial charge in [0.25, 0.3) is 6.43 Å². The van der Waals surface area contributed by atoms with Crippen LogP contribution in [0.15, 0.2) is 6.20 Å². The maximum absolute atomic E-state index is 12.8. The molecular formula is C10H10BrF2NO2. The minimum Gasteiger partial charge on any atom is -0.481 e. The van der Waals surface area contributed by atoms with Crippen LogP contribution in [0.1, 0.15) is 28.8 Å². The highest BCUT2D eigenvalue weighted by Crippen LogP contribution is 2.29. The third kappa shape index (κ3) is 2.75. The van der Waals surface area contributed by atoms with Gasteiger partial charge in [-0.1, -0.05) is 15.9 Å². The van der Waals surface area contributed by atoms with E-state index in [-0.39, 0.29) is 28.6 Å². The van der Waals surface area contributed by atoms with E-state index >= 15 is 0 Å². The van der Waals surface area contributed by atoms with Gasteiger partial charge in [-0.25, -0.2) is 8.78 Å². The first kappa shape index (κ1) is 13.0. The summed E-state index contributed by atoms with van der Waals surface area (Å²) >= 11 is 3.09. The van der Waals surface area contributed by atoms with Crippen LogP contribution in [-0.2, 0) is 16.5 Å². The van der Waals surface area contributed by atoms with E-state index in [2.05, 4.69) is 20.9 Å². The number of carbonyl (C=O) groups is 1. The summed E-state index contributed by atoms with van der Waals surface area (Å²) in [5.41, 5.74) is 0.712. The highest BCUT2D eigenvalue weighted by atomic mass is 79.9. The average Bonchev–Trinajstić information content (AvgIpc) is 2.18. The Morgan fingerprint density at radius 1 is 1.62 bits per heavy atom. The summed E-state index contributed by atoms with van der Waals surface area (Å²) in [6.45, 7) is 1.53. The van der Waals surface area contributed by atoms with Gasteiger partial charge in [0.15, 0.2) is 0 Å². The number of hydrogen-bond acceptors (Lipinski definition) is 2. The average molecular weight is 294 g/mol. The summed E-state index contributed by atoms with van der Waals surface area (Å²) in [6.07, 6.45) is -1.68. The number of carboxylic acid groups (broad SMARTS) is 1. The molecule has 0 saturated heterocycles. The van der Waals surface area contributed by atoms with Crippen molar-refractivity contribution in [2.24, 2.45) is 0 Å². The van der Waals surface area contributed by atoms with Crippen molar-refractivity contribution in [1.82, 2.24) is 4.98 Å². The van der Waals surface area contributed by atoms with Crippen molar-refractivity contribution in [3.05, 3.63) is 28.6 Å². The lowest BCUT2D eigenvalue weighted by Gasteiger charge is -2.13. The number of alkyl halides is 3. The molecule has 1 heterocycles. The third-order valence-corrected chi connectivity index (χ3v) is 2.74. The van der Waals surface area contributed by atoms with Gasteiger partial charge in [0.05, 0.1) is 12.1 Å². The fourth-order valence-electron chi connectivity index (χ4n) is 1.46. The second-order valence-corrected chi connectivity index (χ2v) is 3.85. The second-order valence-electron chi connectivity index (χ2n) is 3.28. The lowest BCUT2D eigenvalue weighted by atomic mass is 10.0. The van der Waals surface area contributed by atoms with Crippen LogP contribution >= 0.6 is 15.9 Å². The van der Waals surface area contributed by atoms with Gasteiger partial charge in [0, 0.05) is 17.1 Å². The molecule has 0 aliphatic carbocycles. The van der Waals surface area contributed by atoms with E-state index in [1.165, 1.54) is 13.1 Å². The molecule has 0 spiro atoms. The molecule has 0 aliphatic heterocycles. The zero-order valence-electron chi connectivity index (χ0n) is 8.51. The number of aromatic nitrogens is 1. The van der Waals surface area contributed by atoms with E-state index in [9.17, 15) is 13.6 Å². The van der Waals surface area contributed by atoms with Crippen LogP contribution in [0, 0.1) is 6.92 Å².